The van der Waals surface area contributed by atoms with E-state index >= 15 is 0 Å². The van der Waals surface area contributed by atoms with Crippen LogP contribution in [0.4, 0.5) is 0 Å². The van der Waals surface area contributed by atoms with Crippen molar-refractivity contribution in [3.8, 4) is 0 Å². The minimum Gasteiger partial charge on any atom is -0.311 e. The monoisotopic (exact) mass is 323 g/mol. The Morgan fingerprint density at radius 3 is 2.27 bits per heavy atom. The molecule has 0 bridgehead atoms. The topological polar surface area (TPSA) is 52.6 Å². The summed E-state index contributed by atoms with van der Waals surface area (Å²) in [6, 6.07) is 7.90. The lowest BCUT2D eigenvalue weighted by molar-refractivity contribution is 0.0605. The molecular formula is C16H22ClN3O2. The molecule has 0 spiro atoms. The third-order valence-electron chi connectivity index (χ3n) is 4.65. The first-order valence-corrected chi connectivity index (χ1v) is 7.52. The Balaban J connectivity index is 0.00000176. The SMILES string of the molecule is CC1NCCN(CCN2C(=O)c3ccccc3C2=O)C1C.Cl. The molecule has 5 nitrogen and oxygen atoms in total. The van der Waals surface area contributed by atoms with E-state index in [1.54, 1.807) is 24.3 Å². The lowest BCUT2D eigenvalue weighted by Crippen LogP contribution is -2.56. The number of carbonyl (C=O) groups is 2. The Bertz CT molecular complexity index is 543. The lowest BCUT2D eigenvalue weighted by atomic mass is 10.1. The number of fused-ring (bicyclic) bond motifs is 1. The number of halogens is 1. The first-order chi connectivity index (χ1) is 10.1. The second-order valence-electron chi connectivity index (χ2n) is 5.83. The summed E-state index contributed by atoms with van der Waals surface area (Å²) in [5, 5.41) is 3.43. The van der Waals surface area contributed by atoms with Crippen molar-refractivity contribution in [3.05, 3.63) is 35.4 Å². The number of nitrogens with zero attached hydrogens (tertiary/aromatic N) is 2. The van der Waals surface area contributed by atoms with Crippen LogP contribution in [0.3, 0.4) is 0 Å². The molecule has 2 unspecified atom stereocenters. The van der Waals surface area contributed by atoms with Crippen LogP contribution in [-0.2, 0) is 0 Å². The molecule has 0 aliphatic carbocycles. The highest BCUT2D eigenvalue weighted by atomic mass is 35.5. The van der Waals surface area contributed by atoms with Crippen LogP contribution in [-0.4, -0.2) is 59.9 Å². The Morgan fingerprint density at radius 1 is 1.09 bits per heavy atom. The van der Waals surface area contributed by atoms with Gasteiger partial charge in [0.25, 0.3) is 11.8 Å². The maximum atomic E-state index is 12.3. The third-order valence-corrected chi connectivity index (χ3v) is 4.65. The summed E-state index contributed by atoms with van der Waals surface area (Å²) in [5.41, 5.74) is 1.06. The minimum atomic E-state index is -0.161. The fraction of sp³-hybridized carbons (Fsp3) is 0.500. The molecule has 0 saturated carbocycles. The first-order valence-electron chi connectivity index (χ1n) is 7.52. The quantitative estimate of drug-likeness (QED) is 0.854. The van der Waals surface area contributed by atoms with Gasteiger partial charge < -0.3 is 5.32 Å². The Kier molecular flexibility index (Phi) is 5.21. The molecule has 2 amide bonds. The van der Waals surface area contributed by atoms with Crippen LogP contribution in [0, 0.1) is 0 Å². The molecule has 120 valence electrons. The molecule has 0 aromatic heterocycles. The van der Waals surface area contributed by atoms with Gasteiger partial charge in [-0.1, -0.05) is 12.1 Å². The number of amides is 2. The maximum Gasteiger partial charge on any atom is 0.261 e. The predicted octanol–water partition coefficient (Wildman–Crippen LogP) is 1.39. The van der Waals surface area contributed by atoms with Crippen molar-refractivity contribution in [2.75, 3.05) is 26.2 Å². The molecule has 2 heterocycles. The van der Waals surface area contributed by atoms with Gasteiger partial charge in [0.1, 0.15) is 0 Å². The molecule has 3 rings (SSSR count). The summed E-state index contributed by atoms with van der Waals surface area (Å²) in [6.07, 6.45) is 0. The van der Waals surface area contributed by atoms with Crippen molar-refractivity contribution >= 4 is 24.2 Å². The van der Waals surface area contributed by atoms with Gasteiger partial charge in [0, 0.05) is 38.3 Å². The fourth-order valence-electron chi connectivity index (χ4n) is 3.11. The molecule has 2 aliphatic heterocycles. The van der Waals surface area contributed by atoms with Gasteiger partial charge in [0.15, 0.2) is 0 Å². The van der Waals surface area contributed by atoms with Crippen molar-refractivity contribution in [1.29, 1.82) is 0 Å². The fourth-order valence-corrected chi connectivity index (χ4v) is 3.11. The number of hydrogen-bond donors (Lipinski definition) is 1. The molecule has 1 saturated heterocycles. The van der Waals surface area contributed by atoms with Crippen molar-refractivity contribution < 1.29 is 9.59 Å². The molecule has 22 heavy (non-hydrogen) atoms. The number of carbonyl (C=O) groups excluding carboxylic acids is 2. The normalized spacial score (nSPS) is 25.1. The number of nitrogens with one attached hydrogen (secondary N) is 1. The summed E-state index contributed by atoms with van der Waals surface area (Å²) < 4.78 is 0. The Labute approximate surface area is 137 Å². The number of benzene rings is 1. The van der Waals surface area contributed by atoms with Crippen molar-refractivity contribution in [1.82, 2.24) is 15.1 Å². The molecule has 6 heteroatoms. The van der Waals surface area contributed by atoms with E-state index in [1.807, 2.05) is 0 Å². The minimum absolute atomic E-state index is 0. The van der Waals surface area contributed by atoms with Crippen molar-refractivity contribution in [2.24, 2.45) is 0 Å². The van der Waals surface area contributed by atoms with Crippen LogP contribution in [0.2, 0.25) is 0 Å². The van der Waals surface area contributed by atoms with Crippen LogP contribution in [0.25, 0.3) is 0 Å². The van der Waals surface area contributed by atoms with Gasteiger partial charge in [-0.05, 0) is 26.0 Å². The summed E-state index contributed by atoms with van der Waals surface area (Å²) in [6.45, 7) is 7.45. The summed E-state index contributed by atoms with van der Waals surface area (Å²) in [5.74, 6) is -0.321. The zero-order valence-electron chi connectivity index (χ0n) is 12.9. The number of imide groups is 1. The number of hydrogen-bond acceptors (Lipinski definition) is 4. The van der Waals surface area contributed by atoms with Gasteiger partial charge in [-0.2, -0.15) is 0 Å². The largest absolute Gasteiger partial charge is 0.311 e. The summed E-state index contributed by atoms with van der Waals surface area (Å²) >= 11 is 0. The Morgan fingerprint density at radius 2 is 1.68 bits per heavy atom. The molecular weight excluding hydrogens is 302 g/mol. The van der Waals surface area contributed by atoms with E-state index in [1.165, 1.54) is 4.90 Å². The van der Waals surface area contributed by atoms with Crippen molar-refractivity contribution in [2.45, 2.75) is 25.9 Å². The van der Waals surface area contributed by atoms with E-state index in [-0.39, 0.29) is 24.2 Å². The van der Waals surface area contributed by atoms with Crippen LogP contribution < -0.4 is 5.32 Å². The molecule has 2 atom stereocenters. The van der Waals surface area contributed by atoms with Crippen molar-refractivity contribution in [3.63, 3.8) is 0 Å². The van der Waals surface area contributed by atoms with E-state index < -0.39 is 0 Å². The van der Waals surface area contributed by atoms with Gasteiger partial charge in [0.05, 0.1) is 11.1 Å². The summed E-state index contributed by atoms with van der Waals surface area (Å²) in [7, 11) is 0. The van der Waals surface area contributed by atoms with E-state index in [0.29, 0.717) is 29.8 Å². The molecule has 1 aromatic carbocycles. The molecule has 1 N–H and O–H groups in total. The highest BCUT2D eigenvalue weighted by Gasteiger charge is 2.35. The highest BCUT2D eigenvalue weighted by Crippen LogP contribution is 2.22. The van der Waals surface area contributed by atoms with Gasteiger partial charge >= 0.3 is 0 Å². The van der Waals surface area contributed by atoms with Gasteiger partial charge in [-0.25, -0.2) is 0 Å². The zero-order chi connectivity index (χ0) is 15.0. The first kappa shape index (κ1) is 16.9. The van der Waals surface area contributed by atoms with Gasteiger partial charge in [-0.15, -0.1) is 12.4 Å². The van der Waals surface area contributed by atoms with Crippen LogP contribution in [0.15, 0.2) is 24.3 Å². The van der Waals surface area contributed by atoms with E-state index in [0.717, 1.165) is 19.6 Å². The molecule has 0 radical (unpaired) electrons. The third kappa shape index (κ3) is 2.89. The maximum absolute atomic E-state index is 12.3. The zero-order valence-corrected chi connectivity index (χ0v) is 13.7. The average molecular weight is 324 g/mol. The molecule has 1 fully saturated rings. The average Bonchev–Trinajstić information content (AvgIpc) is 2.73. The van der Waals surface area contributed by atoms with Gasteiger partial charge in [-0.3, -0.25) is 19.4 Å². The van der Waals surface area contributed by atoms with E-state index in [9.17, 15) is 9.59 Å². The molecule has 2 aliphatic rings. The van der Waals surface area contributed by atoms with Crippen LogP contribution in [0.1, 0.15) is 34.6 Å². The highest BCUT2D eigenvalue weighted by molar-refractivity contribution is 6.21. The van der Waals surface area contributed by atoms with Crippen LogP contribution >= 0.6 is 12.4 Å². The smallest absolute Gasteiger partial charge is 0.261 e. The Hall–Kier alpha value is -1.43. The predicted molar refractivity (Wildman–Crippen MR) is 87.6 cm³/mol. The second-order valence-corrected chi connectivity index (χ2v) is 5.83. The molecule has 1 aromatic rings. The van der Waals surface area contributed by atoms with E-state index in [2.05, 4.69) is 24.1 Å². The lowest BCUT2D eigenvalue weighted by Gasteiger charge is -2.39. The second kappa shape index (κ2) is 6.77. The summed E-state index contributed by atoms with van der Waals surface area (Å²) in [4.78, 5) is 28.3. The standard InChI is InChI=1S/C16H21N3O2.ClH/c1-11-12(2)18(8-7-17-11)9-10-19-15(20)13-5-3-4-6-14(13)16(19)21;/h3-6,11-12,17H,7-10H2,1-2H3;1H. The number of rotatable bonds is 3. The van der Waals surface area contributed by atoms with E-state index in [4.69, 9.17) is 0 Å². The van der Waals surface area contributed by atoms with Crippen LogP contribution in [0.5, 0.6) is 0 Å². The van der Waals surface area contributed by atoms with Gasteiger partial charge in [0.2, 0.25) is 0 Å². The number of piperazine rings is 1.